The van der Waals surface area contributed by atoms with Gasteiger partial charge in [0.25, 0.3) is 5.56 Å². The highest BCUT2D eigenvalue weighted by Crippen LogP contribution is 2.22. The molecule has 3 rings (SSSR count). The number of aryl methyl sites for hydroxylation is 1. The molecule has 0 saturated carbocycles. The van der Waals surface area contributed by atoms with Crippen LogP contribution in [0, 0.1) is 5.92 Å². The maximum atomic E-state index is 12.1. The minimum Gasteiger partial charge on any atom is -0.481 e. The van der Waals surface area contributed by atoms with Crippen LogP contribution in [0.4, 0.5) is 5.95 Å². The summed E-state index contributed by atoms with van der Waals surface area (Å²) < 4.78 is 0. The molecule has 1 fully saturated rings. The Bertz CT molecular complexity index is 582. The molecule has 0 spiro atoms. The van der Waals surface area contributed by atoms with Gasteiger partial charge >= 0.3 is 5.97 Å². The number of H-pyrrole nitrogens is 1. The molecule has 1 aliphatic heterocycles. The number of carboxylic acids is 1. The number of fused-ring (bicyclic) bond motifs is 1. The highest BCUT2D eigenvalue weighted by atomic mass is 16.4. The molecule has 2 heterocycles. The number of nitrogens with zero attached hydrogens (tertiary/aromatic N) is 2. The molecule has 6 nitrogen and oxygen atoms in total. The molecule has 1 aliphatic carbocycles. The fraction of sp³-hybridized carbons (Fsp3) is 0.643. The molecule has 0 amide bonds. The highest BCUT2D eigenvalue weighted by Gasteiger charge is 2.27. The highest BCUT2D eigenvalue weighted by molar-refractivity contribution is 5.71. The van der Waals surface area contributed by atoms with E-state index >= 15 is 0 Å². The average molecular weight is 277 g/mol. The van der Waals surface area contributed by atoms with E-state index < -0.39 is 5.97 Å². The van der Waals surface area contributed by atoms with E-state index in [1.807, 2.05) is 4.90 Å². The van der Waals surface area contributed by atoms with Crippen LogP contribution < -0.4 is 10.5 Å². The summed E-state index contributed by atoms with van der Waals surface area (Å²) in [6, 6.07) is 0. The number of rotatable bonds is 2. The zero-order chi connectivity index (χ0) is 14.1. The molecule has 108 valence electrons. The van der Waals surface area contributed by atoms with Gasteiger partial charge < -0.3 is 10.0 Å². The topological polar surface area (TPSA) is 86.3 Å². The first kappa shape index (κ1) is 13.1. The van der Waals surface area contributed by atoms with Crippen LogP contribution in [0.25, 0.3) is 0 Å². The maximum absolute atomic E-state index is 12.1. The number of hydrogen-bond acceptors (Lipinski definition) is 4. The second-order valence-electron chi connectivity index (χ2n) is 5.65. The number of aromatic nitrogens is 2. The van der Waals surface area contributed by atoms with Gasteiger partial charge in [0.1, 0.15) is 0 Å². The third-order valence-corrected chi connectivity index (χ3v) is 4.25. The number of aromatic amines is 1. The van der Waals surface area contributed by atoms with Crippen molar-refractivity contribution in [2.24, 2.45) is 5.92 Å². The zero-order valence-corrected chi connectivity index (χ0v) is 11.4. The van der Waals surface area contributed by atoms with Crippen LogP contribution in [0.15, 0.2) is 4.79 Å². The van der Waals surface area contributed by atoms with E-state index in [1.54, 1.807) is 0 Å². The van der Waals surface area contributed by atoms with E-state index in [0.29, 0.717) is 18.9 Å². The van der Waals surface area contributed by atoms with Gasteiger partial charge in [-0.2, -0.15) is 0 Å². The summed E-state index contributed by atoms with van der Waals surface area (Å²) in [6.45, 7) is 1.18. The number of piperidine rings is 1. The lowest BCUT2D eigenvalue weighted by atomic mass is 9.97. The number of nitrogens with one attached hydrogen (secondary N) is 1. The molecular weight excluding hydrogens is 258 g/mol. The van der Waals surface area contributed by atoms with E-state index in [2.05, 4.69) is 9.97 Å². The molecule has 20 heavy (non-hydrogen) atoms. The monoisotopic (exact) mass is 277 g/mol. The summed E-state index contributed by atoms with van der Waals surface area (Å²) in [4.78, 5) is 32.5. The Labute approximate surface area is 116 Å². The van der Waals surface area contributed by atoms with Crippen LogP contribution in [0.1, 0.15) is 36.9 Å². The van der Waals surface area contributed by atoms with Gasteiger partial charge in [-0.05, 0) is 38.5 Å². The quantitative estimate of drug-likeness (QED) is 0.840. The fourth-order valence-electron chi connectivity index (χ4n) is 3.11. The summed E-state index contributed by atoms with van der Waals surface area (Å²) in [5, 5.41) is 9.13. The molecule has 0 radical (unpaired) electrons. The second kappa shape index (κ2) is 5.26. The number of anilines is 1. The van der Waals surface area contributed by atoms with E-state index in [4.69, 9.17) is 5.11 Å². The third kappa shape index (κ3) is 2.42. The van der Waals surface area contributed by atoms with E-state index in [-0.39, 0.29) is 11.5 Å². The molecule has 0 aromatic carbocycles. The normalized spacial score (nSPS) is 22.4. The summed E-state index contributed by atoms with van der Waals surface area (Å²) in [7, 11) is 0. The molecule has 1 atom stereocenters. The Morgan fingerprint density at radius 2 is 2.10 bits per heavy atom. The van der Waals surface area contributed by atoms with Crippen LogP contribution in [0.2, 0.25) is 0 Å². The average Bonchev–Trinajstić information content (AvgIpc) is 2.47. The molecule has 1 unspecified atom stereocenters. The molecule has 1 saturated heterocycles. The lowest BCUT2D eigenvalue weighted by Gasteiger charge is -2.31. The van der Waals surface area contributed by atoms with Gasteiger partial charge in [0.2, 0.25) is 5.95 Å². The summed E-state index contributed by atoms with van der Waals surface area (Å²) in [6.07, 6.45) is 5.28. The zero-order valence-electron chi connectivity index (χ0n) is 11.4. The largest absolute Gasteiger partial charge is 0.481 e. The van der Waals surface area contributed by atoms with Gasteiger partial charge in [-0.25, -0.2) is 4.98 Å². The molecule has 6 heteroatoms. The minimum absolute atomic E-state index is 0.0536. The standard InChI is InChI=1S/C14H19N3O3/c18-12-10-5-1-2-6-11(10)15-14(16-12)17-7-3-4-9(8-17)13(19)20/h9H,1-8H2,(H,19,20)(H,15,16,18). The van der Waals surface area contributed by atoms with Crippen molar-refractivity contribution in [3.8, 4) is 0 Å². The van der Waals surface area contributed by atoms with Crippen LogP contribution in [0.5, 0.6) is 0 Å². The lowest BCUT2D eigenvalue weighted by Crippen LogP contribution is -2.40. The Hall–Kier alpha value is -1.85. The molecule has 2 N–H and O–H groups in total. The molecule has 1 aromatic rings. The van der Waals surface area contributed by atoms with Crippen molar-refractivity contribution in [2.75, 3.05) is 18.0 Å². The van der Waals surface area contributed by atoms with Crippen molar-refractivity contribution in [2.45, 2.75) is 38.5 Å². The molecule has 0 bridgehead atoms. The Kier molecular flexibility index (Phi) is 3.46. The Morgan fingerprint density at radius 3 is 2.90 bits per heavy atom. The predicted molar refractivity (Wildman–Crippen MR) is 74.1 cm³/mol. The smallest absolute Gasteiger partial charge is 0.308 e. The Balaban J connectivity index is 1.88. The van der Waals surface area contributed by atoms with E-state index in [1.165, 1.54) is 0 Å². The number of hydrogen-bond donors (Lipinski definition) is 2. The number of aliphatic carboxylic acids is 1. The van der Waals surface area contributed by atoms with Gasteiger partial charge in [-0.3, -0.25) is 14.6 Å². The summed E-state index contributed by atoms with van der Waals surface area (Å²) in [5.41, 5.74) is 1.65. The Morgan fingerprint density at radius 1 is 1.30 bits per heavy atom. The van der Waals surface area contributed by atoms with Crippen LogP contribution >= 0.6 is 0 Å². The van der Waals surface area contributed by atoms with Gasteiger partial charge in [0.05, 0.1) is 11.6 Å². The number of carboxylic acid groups (broad SMARTS) is 1. The van der Waals surface area contributed by atoms with Crippen molar-refractivity contribution < 1.29 is 9.90 Å². The third-order valence-electron chi connectivity index (χ3n) is 4.25. The van der Waals surface area contributed by atoms with Crippen LogP contribution in [-0.4, -0.2) is 34.1 Å². The summed E-state index contributed by atoms with van der Waals surface area (Å²) in [5.74, 6) is -0.596. The number of carbonyl (C=O) groups is 1. The van der Waals surface area contributed by atoms with E-state index in [9.17, 15) is 9.59 Å². The first-order valence-corrected chi connectivity index (χ1v) is 7.25. The van der Waals surface area contributed by atoms with Crippen molar-refractivity contribution in [3.05, 3.63) is 21.6 Å². The van der Waals surface area contributed by atoms with Crippen molar-refractivity contribution in [3.63, 3.8) is 0 Å². The van der Waals surface area contributed by atoms with Crippen molar-refractivity contribution in [1.29, 1.82) is 0 Å². The molecule has 1 aromatic heterocycles. The second-order valence-corrected chi connectivity index (χ2v) is 5.65. The summed E-state index contributed by atoms with van der Waals surface area (Å²) >= 11 is 0. The van der Waals surface area contributed by atoms with Gasteiger partial charge in [0, 0.05) is 18.7 Å². The van der Waals surface area contributed by atoms with E-state index in [0.717, 1.165) is 49.9 Å². The minimum atomic E-state index is -0.769. The van der Waals surface area contributed by atoms with Crippen molar-refractivity contribution in [1.82, 2.24) is 9.97 Å². The predicted octanol–water partition coefficient (Wildman–Crippen LogP) is 0.950. The van der Waals surface area contributed by atoms with Crippen LogP contribution in [0.3, 0.4) is 0 Å². The molecule has 2 aliphatic rings. The van der Waals surface area contributed by atoms with Crippen LogP contribution in [-0.2, 0) is 17.6 Å². The first-order valence-electron chi connectivity index (χ1n) is 7.25. The molecular formula is C14H19N3O3. The van der Waals surface area contributed by atoms with Gasteiger partial charge in [-0.1, -0.05) is 0 Å². The fourth-order valence-corrected chi connectivity index (χ4v) is 3.11. The first-order chi connectivity index (χ1) is 9.65. The van der Waals surface area contributed by atoms with Gasteiger partial charge in [0.15, 0.2) is 0 Å². The van der Waals surface area contributed by atoms with Crippen molar-refractivity contribution >= 4 is 11.9 Å². The van der Waals surface area contributed by atoms with Gasteiger partial charge in [-0.15, -0.1) is 0 Å². The SMILES string of the molecule is O=C(O)C1CCCN(c2nc3c(c(=O)[nH]2)CCCC3)C1. The lowest BCUT2D eigenvalue weighted by molar-refractivity contribution is -0.141. The maximum Gasteiger partial charge on any atom is 0.308 e.